The zero-order chi connectivity index (χ0) is 21.0. The number of hydrogen-bond donors (Lipinski definition) is 2. The maximum absolute atomic E-state index is 12.1. The van der Waals surface area contributed by atoms with Gasteiger partial charge in [-0.05, 0) is 54.3 Å². The topological polar surface area (TPSA) is 68.4 Å². The van der Waals surface area contributed by atoms with Crippen molar-refractivity contribution in [2.45, 2.75) is 32.9 Å². The first-order chi connectivity index (χ1) is 13.9. The first-order valence-corrected chi connectivity index (χ1v) is 10.1. The molecule has 0 bridgehead atoms. The molecular weight excluding hydrogens is 366 g/mol. The first kappa shape index (κ1) is 21.1. The van der Waals surface area contributed by atoms with Crippen molar-refractivity contribution in [3.63, 3.8) is 0 Å². The van der Waals surface area contributed by atoms with Crippen LogP contribution in [-0.2, 0) is 20.6 Å². The van der Waals surface area contributed by atoms with Crippen LogP contribution < -0.4 is 15.7 Å². The van der Waals surface area contributed by atoms with Gasteiger partial charge in [-0.25, -0.2) is 4.79 Å². The van der Waals surface area contributed by atoms with Gasteiger partial charge in [-0.3, -0.25) is 9.13 Å². The molecule has 0 spiro atoms. The first-order valence-electron chi connectivity index (χ1n) is 10.1. The summed E-state index contributed by atoms with van der Waals surface area (Å²) in [6, 6.07) is 13.5. The molecular formula is C23H31N3O3. The largest absolute Gasteiger partial charge is 0.491 e. The quantitative estimate of drug-likeness (QED) is 0.545. The van der Waals surface area contributed by atoms with Crippen LogP contribution >= 0.6 is 0 Å². The summed E-state index contributed by atoms with van der Waals surface area (Å²) in [7, 11) is 3.48. The highest BCUT2D eigenvalue weighted by Crippen LogP contribution is 2.21. The lowest BCUT2D eigenvalue weighted by Gasteiger charge is -2.14. The molecule has 1 atom stereocenters. The van der Waals surface area contributed by atoms with Gasteiger partial charge >= 0.3 is 5.69 Å². The van der Waals surface area contributed by atoms with E-state index in [4.69, 9.17) is 4.74 Å². The monoisotopic (exact) mass is 397 g/mol. The summed E-state index contributed by atoms with van der Waals surface area (Å²) in [6.07, 6.45) is 0.397. The maximum atomic E-state index is 12.1. The fourth-order valence-electron chi connectivity index (χ4n) is 3.33. The van der Waals surface area contributed by atoms with Crippen molar-refractivity contribution in [3.05, 3.63) is 64.1 Å². The van der Waals surface area contributed by atoms with Crippen LogP contribution in [0.2, 0.25) is 0 Å². The van der Waals surface area contributed by atoms with E-state index in [9.17, 15) is 9.90 Å². The Morgan fingerprint density at radius 2 is 1.72 bits per heavy atom. The highest BCUT2D eigenvalue weighted by atomic mass is 16.5. The van der Waals surface area contributed by atoms with E-state index >= 15 is 0 Å². The smallest absolute Gasteiger partial charge is 0.328 e. The average Bonchev–Trinajstić information content (AvgIpc) is 2.94. The zero-order valence-corrected chi connectivity index (χ0v) is 17.7. The maximum Gasteiger partial charge on any atom is 0.328 e. The number of hydrogen-bond acceptors (Lipinski definition) is 4. The fourth-order valence-corrected chi connectivity index (χ4v) is 3.33. The number of fused-ring (bicyclic) bond motifs is 1. The fraction of sp³-hybridized carbons (Fsp3) is 0.435. The second kappa shape index (κ2) is 9.29. The van der Waals surface area contributed by atoms with Crippen LogP contribution in [0, 0.1) is 5.92 Å². The van der Waals surface area contributed by atoms with Crippen LogP contribution in [0.4, 0.5) is 0 Å². The number of nitrogens with zero attached hydrogens (tertiary/aromatic N) is 2. The molecule has 0 amide bonds. The van der Waals surface area contributed by atoms with Crippen molar-refractivity contribution < 1.29 is 9.84 Å². The molecule has 0 fully saturated rings. The Kier molecular flexibility index (Phi) is 6.77. The van der Waals surface area contributed by atoms with Crippen LogP contribution in [0.3, 0.4) is 0 Å². The Morgan fingerprint density at radius 3 is 2.41 bits per heavy atom. The molecule has 0 saturated carbocycles. The molecule has 156 valence electrons. The number of nitrogens with one attached hydrogen (secondary N) is 1. The van der Waals surface area contributed by atoms with Gasteiger partial charge < -0.3 is 15.2 Å². The summed E-state index contributed by atoms with van der Waals surface area (Å²) in [6.45, 7) is 6.45. The van der Waals surface area contributed by atoms with Gasteiger partial charge in [0, 0.05) is 20.6 Å². The molecule has 29 heavy (non-hydrogen) atoms. The van der Waals surface area contributed by atoms with E-state index in [1.54, 1.807) is 23.2 Å². The summed E-state index contributed by atoms with van der Waals surface area (Å²) in [4.78, 5) is 12.1. The van der Waals surface area contributed by atoms with E-state index in [1.807, 2.05) is 42.5 Å². The Morgan fingerprint density at radius 1 is 1.03 bits per heavy atom. The lowest BCUT2D eigenvalue weighted by Crippen LogP contribution is -2.19. The molecule has 2 N–H and O–H groups in total. The minimum absolute atomic E-state index is 0.0818. The van der Waals surface area contributed by atoms with Crippen molar-refractivity contribution in [2.24, 2.45) is 20.0 Å². The van der Waals surface area contributed by atoms with Crippen LogP contribution in [0.5, 0.6) is 5.75 Å². The van der Waals surface area contributed by atoms with Crippen molar-refractivity contribution in [2.75, 3.05) is 13.2 Å². The summed E-state index contributed by atoms with van der Waals surface area (Å²) < 4.78 is 8.94. The predicted octanol–water partition coefficient (Wildman–Crippen LogP) is 3.13. The molecule has 0 aliphatic rings. The minimum atomic E-state index is -0.771. The van der Waals surface area contributed by atoms with E-state index in [1.165, 1.54) is 12.0 Å². The van der Waals surface area contributed by atoms with Gasteiger partial charge in [0.1, 0.15) is 18.5 Å². The van der Waals surface area contributed by atoms with Gasteiger partial charge in [-0.2, -0.15) is 0 Å². The number of ether oxygens (including phenoxy) is 1. The number of aryl methyl sites for hydroxylation is 2. The van der Waals surface area contributed by atoms with E-state index in [0.29, 0.717) is 5.92 Å². The number of imidazole rings is 1. The lowest BCUT2D eigenvalue weighted by atomic mass is 10.1. The van der Waals surface area contributed by atoms with E-state index in [-0.39, 0.29) is 12.3 Å². The van der Waals surface area contributed by atoms with Gasteiger partial charge in [0.2, 0.25) is 0 Å². The van der Waals surface area contributed by atoms with Crippen molar-refractivity contribution in [1.29, 1.82) is 0 Å². The van der Waals surface area contributed by atoms with Gasteiger partial charge in [-0.1, -0.05) is 32.0 Å². The van der Waals surface area contributed by atoms with E-state index < -0.39 is 6.10 Å². The molecule has 1 heterocycles. The SMILES string of the molecule is CC(C)CCNCc1ccc(OC[C@@H](O)c2ccc3c(c2)n(C)c(=O)n3C)cc1. The molecule has 0 aliphatic heterocycles. The third-order valence-corrected chi connectivity index (χ3v) is 5.24. The molecule has 0 saturated heterocycles. The summed E-state index contributed by atoms with van der Waals surface area (Å²) in [5.41, 5.74) is 3.48. The van der Waals surface area contributed by atoms with Gasteiger partial charge in [-0.15, -0.1) is 0 Å². The van der Waals surface area contributed by atoms with Crippen molar-refractivity contribution in [1.82, 2.24) is 14.5 Å². The lowest BCUT2D eigenvalue weighted by molar-refractivity contribution is 0.108. The van der Waals surface area contributed by atoms with Gasteiger partial charge in [0.05, 0.1) is 11.0 Å². The zero-order valence-electron chi connectivity index (χ0n) is 17.7. The Bertz CT molecular complexity index is 1000. The Hall–Kier alpha value is -2.57. The molecule has 6 heteroatoms. The number of benzene rings is 2. The third-order valence-electron chi connectivity index (χ3n) is 5.24. The molecule has 0 radical (unpaired) electrons. The molecule has 6 nitrogen and oxygen atoms in total. The molecule has 1 aromatic heterocycles. The molecule has 0 unspecified atom stereocenters. The number of aliphatic hydroxyl groups excluding tert-OH is 1. The number of aliphatic hydroxyl groups is 1. The van der Waals surface area contributed by atoms with Crippen LogP contribution in [0.25, 0.3) is 11.0 Å². The molecule has 2 aromatic carbocycles. The van der Waals surface area contributed by atoms with Gasteiger partial charge in [0.25, 0.3) is 0 Å². The molecule has 0 aliphatic carbocycles. The van der Waals surface area contributed by atoms with Crippen molar-refractivity contribution in [3.8, 4) is 5.75 Å². The van der Waals surface area contributed by atoms with Crippen LogP contribution in [-0.4, -0.2) is 27.4 Å². The van der Waals surface area contributed by atoms with E-state index in [0.717, 1.165) is 35.4 Å². The summed E-state index contributed by atoms with van der Waals surface area (Å²) in [5, 5.41) is 14.0. The average molecular weight is 398 g/mol. The predicted molar refractivity (Wildman–Crippen MR) is 116 cm³/mol. The van der Waals surface area contributed by atoms with Crippen LogP contribution in [0.1, 0.15) is 37.5 Å². The second-order valence-corrected chi connectivity index (χ2v) is 7.98. The van der Waals surface area contributed by atoms with E-state index in [2.05, 4.69) is 19.2 Å². The molecule has 3 rings (SSSR count). The minimum Gasteiger partial charge on any atom is -0.491 e. The van der Waals surface area contributed by atoms with Gasteiger partial charge in [0.15, 0.2) is 0 Å². The highest BCUT2D eigenvalue weighted by molar-refractivity contribution is 5.76. The second-order valence-electron chi connectivity index (χ2n) is 7.98. The number of rotatable bonds is 9. The third kappa shape index (κ3) is 5.08. The summed E-state index contributed by atoms with van der Waals surface area (Å²) >= 11 is 0. The molecule has 3 aromatic rings. The summed E-state index contributed by atoms with van der Waals surface area (Å²) in [5.74, 6) is 1.43. The normalized spacial score (nSPS) is 12.6. The number of aromatic nitrogens is 2. The Labute approximate surface area is 171 Å². The van der Waals surface area contributed by atoms with Crippen LogP contribution in [0.15, 0.2) is 47.3 Å². The Balaban J connectivity index is 1.56. The standard InChI is InChI=1S/C23H31N3O3/c1-16(2)11-12-24-14-17-5-8-19(9-6-17)29-15-22(27)18-7-10-20-21(13-18)26(4)23(28)25(20)3/h5-10,13,16,22,24,27H,11-12,14-15H2,1-4H3/t22-/m1/s1. The van der Waals surface area contributed by atoms with Crippen molar-refractivity contribution >= 4 is 11.0 Å². The highest BCUT2D eigenvalue weighted by Gasteiger charge is 2.13.